The number of rotatable bonds is 4. The van der Waals surface area contributed by atoms with E-state index in [1.54, 1.807) is 6.08 Å². The van der Waals surface area contributed by atoms with Gasteiger partial charge in [-0.05, 0) is 11.1 Å². The molecule has 0 saturated heterocycles. The lowest BCUT2D eigenvalue weighted by atomic mass is 10.1. The molecule has 0 aliphatic rings. The first-order valence-electron chi connectivity index (χ1n) is 4.55. The molecule has 0 amide bonds. The Labute approximate surface area is 85.6 Å². The Hall–Kier alpha value is -1.82. The van der Waals surface area contributed by atoms with Crippen LogP contribution >= 0.6 is 0 Å². The second kappa shape index (κ2) is 5.76. The highest BCUT2D eigenvalue weighted by molar-refractivity contribution is 5.74. The molecule has 14 heavy (non-hydrogen) atoms. The van der Waals surface area contributed by atoms with Crippen LogP contribution in [0.3, 0.4) is 0 Å². The van der Waals surface area contributed by atoms with Crippen LogP contribution in [0, 0.1) is 0 Å². The van der Waals surface area contributed by atoms with E-state index in [0.717, 1.165) is 5.57 Å². The molecule has 0 aliphatic carbocycles. The Morgan fingerprint density at radius 1 is 1.00 bits per heavy atom. The van der Waals surface area contributed by atoms with Gasteiger partial charge in [-0.1, -0.05) is 73.9 Å². The molecule has 1 rings (SSSR count). The summed E-state index contributed by atoms with van der Waals surface area (Å²) in [6.07, 6.45) is 9.47. The summed E-state index contributed by atoms with van der Waals surface area (Å²) < 4.78 is 0. The topological polar surface area (TPSA) is 0 Å². The van der Waals surface area contributed by atoms with Crippen LogP contribution in [0.1, 0.15) is 5.56 Å². The fourth-order valence-electron chi connectivity index (χ4n) is 1.15. The van der Waals surface area contributed by atoms with Crippen molar-refractivity contribution in [1.29, 1.82) is 0 Å². The molecule has 0 aliphatic heterocycles. The second-order valence-corrected chi connectivity index (χ2v) is 2.81. The highest BCUT2D eigenvalue weighted by Crippen LogP contribution is 2.14. The standard InChI is InChI=1S/C14H14/c1-3-5-7-10-13(4-2)14-11-8-6-9-12-14/h3-12H,1-2H2/b7-5-,13-10+. The van der Waals surface area contributed by atoms with Crippen molar-refractivity contribution < 1.29 is 0 Å². The zero-order valence-corrected chi connectivity index (χ0v) is 8.19. The molecular formula is C14H14. The van der Waals surface area contributed by atoms with Gasteiger partial charge in [0.25, 0.3) is 0 Å². The van der Waals surface area contributed by atoms with Gasteiger partial charge in [-0.2, -0.15) is 0 Å². The maximum Gasteiger partial charge on any atom is -0.0184 e. The van der Waals surface area contributed by atoms with E-state index in [0.29, 0.717) is 0 Å². The maximum absolute atomic E-state index is 3.79. The van der Waals surface area contributed by atoms with E-state index in [9.17, 15) is 0 Å². The van der Waals surface area contributed by atoms with E-state index in [1.165, 1.54) is 5.56 Å². The molecule has 0 N–H and O–H groups in total. The minimum absolute atomic E-state index is 1.11. The number of hydrogen-bond donors (Lipinski definition) is 0. The molecule has 0 heterocycles. The van der Waals surface area contributed by atoms with Crippen molar-refractivity contribution in [2.24, 2.45) is 0 Å². The van der Waals surface area contributed by atoms with Crippen molar-refractivity contribution in [3.8, 4) is 0 Å². The third-order valence-corrected chi connectivity index (χ3v) is 1.85. The minimum atomic E-state index is 1.11. The Kier molecular flexibility index (Phi) is 4.22. The van der Waals surface area contributed by atoms with Crippen LogP contribution in [0.15, 0.2) is 73.9 Å². The van der Waals surface area contributed by atoms with Crippen LogP contribution in [-0.4, -0.2) is 0 Å². The van der Waals surface area contributed by atoms with E-state index in [4.69, 9.17) is 0 Å². The molecule has 0 aromatic heterocycles. The van der Waals surface area contributed by atoms with Gasteiger partial charge in [0.15, 0.2) is 0 Å². The minimum Gasteiger partial charge on any atom is -0.0991 e. The summed E-state index contributed by atoms with van der Waals surface area (Å²) in [6, 6.07) is 10.2. The molecular weight excluding hydrogens is 168 g/mol. The number of hydrogen-bond acceptors (Lipinski definition) is 0. The smallest absolute Gasteiger partial charge is 0.0184 e. The van der Waals surface area contributed by atoms with Crippen LogP contribution in [0.5, 0.6) is 0 Å². The Balaban J connectivity index is 2.93. The summed E-state index contributed by atoms with van der Waals surface area (Å²) in [5, 5.41) is 0. The maximum atomic E-state index is 3.79. The Morgan fingerprint density at radius 3 is 2.29 bits per heavy atom. The van der Waals surface area contributed by atoms with Crippen LogP contribution in [0.25, 0.3) is 5.57 Å². The Morgan fingerprint density at radius 2 is 1.71 bits per heavy atom. The van der Waals surface area contributed by atoms with Crippen LogP contribution < -0.4 is 0 Å². The molecule has 0 radical (unpaired) electrons. The van der Waals surface area contributed by atoms with Crippen molar-refractivity contribution in [3.63, 3.8) is 0 Å². The second-order valence-electron chi connectivity index (χ2n) is 2.81. The first-order chi connectivity index (χ1) is 6.88. The summed E-state index contributed by atoms with van der Waals surface area (Å²) in [5.74, 6) is 0. The Bertz CT molecular complexity index is 353. The van der Waals surface area contributed by atoms with Crippen LogP contribution in [-0.2, 0) is 0 Å². The van der Waals surface area contributed by atoms with Crippen LogP contribution in [0.2, 0.25) is 0 Å². The predicted octanol–water partition coefficient (Wildman–Crippen LogP) is 4.00. The van der Waals surface area contributed by atoms with Crippen LogP contribution in [0.4, 0.5) is 0 Å². The lowest BCUT2D eigenvalue weighted by Crippen LogP contribution is -1.77. The van der Waals surface area contributed by atoms with Crippen molar-refractivity contribution in [1.82, 2.24) is 0 Å². The molecule has 0 spiro atoms. The van der Waals surface area contributed by atoms with E-state index in [-0.39, 0.29) is 0 Å². The molecule has 1 aromatic rings. The molecule has 0 fully saturated rings. The predicted molar refractivity (Wildman–Crippen MR) is 64.0 cm³/mol. The summed E-state index contributed by atoms with van der Waals surface area (Å²) in [4.78, 5) is 0. The number of allylic oxidation sites excluding steroid dienone is 6. The van der Waals surface area contributed by atoms with Gasteiger partial charge in [0.05, 0.1) is 0 Å². The average Bonchev–Trinajstić information content (AvgIpc) is 2.26. The molecule has 1 aromatic carbocycles. The summed E-state index contributed by atoms with van der Waals surface area (Å²) in [6.45, 7) is 7.40. The molecule has 0 bridgehead atoms. The van der Waals surface area contributed by atoms with Crippen molar-refractivity contribution in [2.75, 3.05) is 0 Å². The zero-order valence-electron chi connectivity index (χ0n) is 8.19. The van der Waals surface area contributed by atoms with Gasteiger partial charge in [0.1, 0.15) is 0 Å². The van der Waals surface area contributed by atoms with Gasteiger partial charge < -0.3 is 0 Å². The monoisotopic (exact) mass is 182 g/mol. The molecule has 70 valence electrons. The van der Waals surface area contributed by atoms with Crippen molar-refractivity contribution in [3.05, 3.63) is 79.4 Å². The van der Waals surface area contributed by atoms with E-state index >= 15 is 0 Å². The normalized spacial score (nSPS) is 11.6. The molecule has 0 unspecified atom stereocenters. The molecule has 0 saturated carbocycles. The van der Waals surface area contributed by atoms with Gasteiger partial charge in [0, 0.05) is 0 Å². The average molecular weight is 182 g/mol. The van der Waals surface area contributed by atoms with E-state index in [1.807, 2.05) is 42.5 Å². The first kappa shape index (κ1) is 10.3. The van der Waals surface area contributed by atoms with Gasteiger partial charge in [-0.25, -0.2) is 0 Å². The quantitative estimate of drug-likeness (QED) is 0.617. The third kappa shape index (κ3) is 2.91. The zero-order chi connectivity index (χ0) is 10.2. The molecule has 0 heteroatoms. The summed E-state index contributed by atoms with van der Waals surface area (Å²) >= 11 is 0. The summed E-state index contributed by atoms with van der Waals surface area (Å²) in [7, 11) is 0. The van der Waals surface area contributed by atoms with Gasteiger partial charge in [-0.3, -0.25) is 0 Å². The lowest BCUT2D eigenvalue weighted by molar-refractivity contribution is 1.62. The highest BCUT2D eigenvalue weighted by atomic mass is 14.0. The fourth-order valence-corrected chi connectivity index (χ4v) is 1.15. The van der Waals surface area contributed by atoms with Gasteiger partial charge in [-0.15, -0.1) is 0 Å². The largest absolute Gasteiger partial charge is 0.0991 e. The van der Waals surface area contributed by atoms with Gasteiger partial charge >= 0.3 is 0 Å². The lowest BCUT2D eigenvalue weighted by Gasteiger charge is -1.99. The number of benzene rings is 1. The molecule has 0 nitrogen and oxygen atoms in total. The van der Waals surface area contributed by atoms with Gasteiger partial charge in [0.2, 0.25) is 0 Å². The van der Waals surface area contributed by atoms with Crippen molar-refractivity contribution in [2.45, 2.75) is 0 Å². The van der Waals surface area contributed by atoms with E-state index in [2.05, 4.69) is 25.3 Å². The van der Waals surface area contributed by atoms with E-state index < -0.39 is 0 Å². The SMILES string of the molecule is C=C/C=C\C=C(/C=C)c1ccccc1. The summed E-state index contributed by atoms with van der Waals surface area (Å²) in [5.41, 5.74) is 2.29. The highest BCUT2D eigenvalue weighted by Gasteiger charge is 1.92. The third-order valence-electron chi connectivity index (χ3n) is 1.85. The fraction of sp³-hybridized carbons (Fsp3) is 0. The molecule has 0 atom stereocenters. The first-order valence-corrected chi connectivity index (χ1v) is 4.55. The van der Waals surface area contributed by atoms with Crippen molar-refractivity contribution >= 4 is 5.57 Å².